The maximum atomic E-state index is 10.1. The molecule has 0 amide bonds. The SMILES string of the molecule is Cc1cccc(N=Cc2c(O)ccc3cc(Br)ccc23)n1. The van der Waals surface area contributed by atoms with E-state index in [4.69, 9.17) is 0 Å². The normalized spacial score (nSPS) is 11.3. The summed E-state index contributed by atoms with van der Waals surface area (Å²) < 4.78 is 1.00. The van der Waals surface area contributed by atoms with Crippen molar-refractivity contribution in [1.29, 1.82) is 0 Å². The van der Waals surface area contributed by atoms with Crippen LogP contribution in [0.5, 0.6) is 5.75 Å². The Morgan fingerprint density at radius 2 is 2.00 bits per heavy atom. The second-order valence-electron chi connectivity index (χ2n) is 4.76. The molecule has 0 saturated heterocycles. The highest BCUT2D eigenvalue weighted by molar-refractivity contribution is 9.10. The molecule has 0 aliphatic heterocycles. The molecule has 3 rings (SSSR count). The zero-order chi connectivity index (χ0) is 14.8. The van der Waals surface area contributed by atoms with Gasteiger partial charge in [-0.3, -0.25) is 0 Å². The molecule has 4 heteroatoms. The predicted octanol–water partition coefficient (Wildman–Crippen LogP) is 4.76. The molecule has 0 aliphatic rings. The molecule has 21 heavy (non-hydrogen) atoms. The number of hydrogen-bond acceptors (Lipinski definition) is 3. The van der Waals surface area contributed by atoms with Gasteiger partial charge < -0.3 is 5.11 Å². The number of phenolic OH excluding ortho intramolecular Hbond substituents is 1. The minimum Gasteiger partial charge on any atom is -0.507 e. The van der Waals surface area contributed by atoms with Crippen LogP contribution in [0, 0.1) is 6.92 Å². The number of rotatable bonds is 2. The summed E-state index contributed by atoms with van der Waals surface area (Å²) in [6, 6.07) is 15.2. The third-order valence-corrected chi connectivity index (χ3v) is 3.69. The summed E-state index contributed by atoms with van der Waals surface area (Å²) in [6.07, 6.45) is 1.66. The molecule has 0 atom stereocenters. The van der Waals surface area contributed by atoms with Gasteiger partial charge in [0.1, 0.15) is 5.75 Å². The average molecular weight is 341 g/mol. The van der Waals surface area contributed by atoms with Crippen LogP contribution in [0.1, 0.15) is 11.3 Å². The molecule has 0 fully saturated rings. The Morgan fingerprint density at radius 3 is 2.81 bits per heavy atom. The van der Waals surface area contributed by atoms with Crippen LogP contribution in [0.4, 0.5) is 5.82 Å². The van der Waals surface area contributed by atoms with Crippen molar-refractivity contribution in [2.75, 3.05) is 0 Å². The van der Waals surface area contributed by atoms with E-state index in [1.807, 2.05) is 49.4 Å². The number of aryl methyl sites for hydroxylation is 1. The first-order valence-corrected chi connectivity index (χ1v) is 7.32. The van der Waals surface area contributed by atoms with Gasteiger partial charge in [0, 0.05) is 21.9 Å². The maximum absolute atomic E-state index is 10.1. The Bertz CT molecular complexity index is 843. The zero-order valence-electron chi connectivity index (χ0n) is 11.4. The van der Waals surface area contributed by atoms with Crippen molar-refractivity contribution in [3.63, 3.8) is 0 Å². The van der Waals surface area contributed by atoms with Crippen LogP contribution in [0.15, 0.2) is 58.0 Å². The number of aromatic hydroxyl groups is 1. The van der Waals surface area contributed by atoms with Gasteiger partial charge in [0.05, 0.1) is 0 Å². The van der Waals surface area contributed by atoms with E-state index in [1.54, 1.807) is 12.3 Å². The van der Waals surface area contributed by atoms with Gasteiger partial charge in [-0.1, -0.05) is 34.1 Å². The van der Waals surface area contributed by atoms with Crippen LogP contribution in [-0.2, 0) is 0 Å². The average Bonchev–Trinajstić information content (AvgIpc) is 2.46. The highest BCUT2D eigenvalue weighted by atomic mass is 79.9. The van der Waals surface area contributed by atoms with Gasteiger partial charge in [-0.15, -0.1) is 0 Å². The summed E-state index contributed by atoms with van der Waals surface area (Å²) in [5.41, 5.74) is 1.61. The smallest absolute Gasteiger partial charge is 0.152 e. The lowest BCUT2D eigenvalue weighted by Crippen LogP contribution is -1.87. The van der Waals surface area contributed by atoms with Gasteiger partial charge in [0.25, 0.3) is 0 Å². The first-order valence-electron chi connectivity index (χ1n) is 6.52. The summed E-state index contributed by atoms with van der Waals surface area (Å²) in [7, 11) is 0. The second kappa shape index (κ2) is 5.66. The van der Waals surface area contributed by atoms with Gasteiger partial charge in [-0.05, 0) is 48.0 Å². The van der Waals surface area contributed by atoms with Crippen molar-refractivity contribution in [3.8, 4) is 5.75 Å². The van der Waals surface area contributed by atoms with Crippen molar-refractivity contribution >= 4 is 38.7 Å². The summed E-state index contributed by atoms with van der Waals surface area (Å²) in [4.78, 5) is 8.69. The number of fused-ring (bicyclic) bond motifs is 1. The first kappa shape index (κ1) is 13.8. The molecule has 1 aromatic heterocycles. The quantitative estimate of drug-likeness (QED) is 0.683. The third kappa shape index (κ3) is 2.95. The Morgan fingerprint density at radius 1 is 1.14 bits per heavy atom. The molecule has 3 aromatic rings. The summed E-state index contributed by atoms with van der Waals surface area (Å²) in [5.74, 6) is 0.838. The highest BCUT2D eigenvalue weighted by Gasteiger charge is 2.05. The lowest BCUT2D eigenvalue weighted by Gasteiger charge is -2.05. The fraction of sp³-hybridized carbons (Fsp3) is 0.0588. The molecule has 0 bridgehead atoms. The molecule has 3 nitrogen and oxygen atoms in total. The van der Waals surface area contributed by atoms with E-state index >= 15 is 0 Å². The van der Waals surface area contributed by atoms with Crippen LogP contribution >= 0.6 is 15.9 Å². The number of hydrogen-bond donors (Lipinski definition) is 1. The molecule has 2 aromatic carbocycles. The van der Waals surface area contributed by atoms with Crippen LogP contribution in [0.3, 0.4) is 0 Å². The molecule has 0 radical (unpaired) electrons. The van der Waals surface area contributed by atoms with E-state index in [0.29, 0.717) is 11.4 Å². The lowest BCUT2D eigenvalue weighted by atomic mass is 10.0. The van der Waals surface area contributed by atoms with Crippen LogP contribution < -0.4 is 0 Å². The van der Waals surface area contributed by atoms with Gasteiger partial charge in [0.15, 0.2) is 5.82 Å². The van der Waals surface area contributed by atoms with E-state index < -0.39 is 0 Å². The van der Waals surface area contributed by atoms with E-state index in [1.165, 1.54) is 0 Å². The molecule has 1 heterocycles. The van der Waals surface area contributed by atoms with E-state index in [9.17, 15) is 5.11 Å². The zero-order valence-corrected chi connectivity index (χ0v) is 13.0. The molecular weight excluding hydrogens is 328 g/mol. The number of pyridine rings is 1. The molecule has 0 aliphatic carbocycles. The summed E-state index contributed by atoms with van der Waals surface area (Å²) in [6.45, 7) is 1.92. The molecule has 1 N–H and O–H groups in total. The molecule has 0 saturated carbocycles. The molecule has 0 unspecified atom stereocenters. The van der Waals surface area contributed by atoms with E-state index in [2.05, 4.69) is 25.9 Å². The Labute approximate surface area is 131 Å². The van der Waals surface area contributed by atoms with Crippen molar-refractivity contribution in [2.24, 2.45) is 4.99 Å². The van der Waals surface area contributed by atoms with Crippen molar-refractivity contribution < 1.29 is 5.11 Å². The van der Waals surface area contributed by atoms with Crippen LogP contribution in [0.2, 0.25) is 0 Å². The number of nitrogens with zero attached hydrogens (tertiary/aromatic N) is 2. The highest BCUT2D eigenvalue weighted by Crippen LogP contribution is 2.28. The van der Waals surface area contributed by atoms with Crippen molar-refractivity contribution in [2.45, 2.75) is 6.92 Å². The standard InChI is InChI=1S/C17H13BrN2O/c1-11-3-2-4-17(20-11)19-10-15-14-7-6-13(18)9-12(14)5-8-16(15)21/h2-10,21H,1H3. The summed E-state index contributed by atoms with van der Waals surface area (Å²) in [5, 5.41) is 12.1. The van der Waals surface area contributed by atoms with Crippen LogP contribution in [0.25, 0.3) is 10.8 Å². The molecule has 0 spiro atoms. The Balaban J connectivity index is 2.09. The maximum Gasteiger partial charge on any atom is 0.152 e. The van der Waals surface area contributed by atoms with Crippen molar-refractivity contribution in [1.82, 2.24) is 4.98 Å². The number of halogens is 1. The minimum atomic E-state index is 0.209. The fourth-order valence-corrected chi connectivity index (χ4v) is 2.56. The minimum absolute atomic E-state index is 0.209. The van der Waals surface area contributed by atoms with E-state index in [0.717, 1.165) is 20.9 Å². The van der Waals surface area contributed by atoms with Gasteiger partial charge >= 0.3 is 0 Å². The van der Waals surface area contributed by atoms with Gasteiger partial charge in [-0.25, -0.2) is 9.98 Å². The predicted molar refractivity (Wildman–Crippen MR) is 89.5 cm³/mol. The van der Waals surface area contributed by atoms with Gasteiger partial charge in [0.2, 0.25) is 0 Å². The van der Waals surface area contributed by atoms with Crippen molar-refractivity contribution in [3.05, 3.63) is 64.3 Å². The summed E-state index contributed by atoms with van der Waals surface area (Å²) >= 11 is 3.45. The molecular formula is C17H13BrN2O. The fourth-order valence-electron chi connectivity index (χ4n) is 2.18. The third-order valence-electron chi connectivity index (χ3n) is 3.20. The second-order valence-corrected chi connectivity index (χ2v) is 5.67. The molecule has 104 valence electrons. The van der Waals surface area contributed by atoms with E-state index in [-0.39, 0.29) is 5.75 Å². The number of aromatic nitrogens is 1. The number of aliphatic imine (C=N–C) groups is 1. The first-order chi connectivity index (χ1) is 10.1. The monoisotopic (exact) mass is 340 g/mol. The van der Waals surface area contributed by atoms with Gasteiger partial charge in [-0.2, -0.15) is 0 Å². The largest absolute Gasteiger partial charge is 0.507 e. The topological polar surface area (TPSA) is 45.5 Å². The Kier molecular flexibility index (Phi) is 3.71. The van der Waals surface area contributed by atoms with Crippen LogP contribution in [-0.4, -0.2) is 16.3 Å². The lowest BCUT2D eigenvalue weighted by molar-refractivity contribution is 0.475. The Hall–Kier alpha value is -2.20. The number of benzene rings is 2. The number of phenols is 1.